The van der Waals surface area contributed by atoms with Crippen LogP contribution in [0.3, 0.4) is 0 Å². The van der Waals surface area contributed by atoms with Crippen molar-refractivity contribution in [2.45, 2.75) is 155 Å². The molecule has 1 rings (SSSR count). The molecule has 1 aliphatic rings. The van der Waals surface area contributed by atoms with Gasteiger partial charge in [0.1, 0.15) is 42.3 Å². The molecule has 8 amide bonds. The van der Waals surface area contributed by atoms with E-state index in [0.29, 0.717) is 32.1 Å². The number of carbonyl (C=O) groups is 8. The summed E-state index contributed by atoms with van der Waals surface area (Å²) in [6, 6.07) is -7.88. The van der Waals surface area contributed by atoms with E-state index in [1.807, 2.05) is 13.8 Å². The van der Waals surface area contributed by atoms with Crippen LogP contribution in [0, 0.1) is 11.8 Å². The predicted octanol–water partition coefficient (Wildman–Crippen LogP) is -2.26. The molecule has 324 valence electrons. The summed E-state index contributed by atoms with van der Waals surface area (Å²) < 4.78 is 0. The van der Waals surface area contributed by atoms with E-state index in [1.54, 1.807) is 20.8 Å². The third-order valence-electron chi connectivity index (χ3n) is 10.1. The van der Waals surface area contributed by atoms with Crippen LogP contribution in [0.15, 0.2) is 4.99 Å². The van der Waals surface area contributed by atoms with E-state index in [0.717, 1.165) is 0 Å². The molecule has 10 atom stereocenters. The highest BCUT2D eigenvalue weighted by Gasteiger charge is 2.40. The molecule has 0 spiro atoms. The lowest BCUT2D eigenvalue weighted by Gasteiger charge is -2.32. The molecule has 1 aliphatic heterocycles. The van der Waals surface area contributed by atoms with Crippen LogP contribution in [0.25, 0.3) is 0 Å². The molecule has 0 aliphatic carbocycles. The van der Waals surface area contributed by atoms with Crippen molar-refractivity contribution in [2.24, 2.45) is 34.0 Å². The zero-order valence-corrected chi connectivity index (χ0v) is 34.7. The maximum atomic E-state index is 14.0. The Morgan fingerprint density at radius 1 is 0.719 bits per heavy atom. The average Bonchev–Trinajstić information content (AvgIpc) is 3.64. The predicted molar refractivity (Wildman–Crippen MR) is 212 cm³/mol. The summed E-state index contributed by atoms with van der Waals surface area (Å²) in [5.41, 5.74) is 16.2. The van der Waals surface area contributed by atoms with Gasteiger partial charge in [0, 0.05) is 20.0 Å². The van der Waals surface area contributed by atoms with Crippen LogP contribution in [0.4, 0.5) is 0 Å². The van der Waals surface area contributed by atoms with Gasteiger partial charge in [-0.25, -0.2) is 0 Å². The number of primary amides is 1. The number of nitrogens with one attached hydrogen (secondary N) is 6. The first-order chi connectivity index (χ1) is 26.7. The number of likely N-dealkylation sites (tertiary alicyclic amines) is 1. The highest BCUT2D eigenvalue weighted by Crippen LogP contribution is 2.21. The summed E-state index contributed by atoms with van der Waals surface area (Å²) >= 11 is 0. The maximum absolute atomic E-state index is 14.0. The van der Waals surface area contributed by atoms with Crippen molar-refractivity contribution in [1.29, 1.82) is 0 Å². The van der Waals surface area contributed by atoms with Crippen LogP contribution in [-0.2, 0) is 38.4 Å². The topological polar surface area (TPSA) is 323 Å². The van der Waals surface area contributed by atoms with Gasteiger partial charge in [-0.15, -0.1) is 0 Å². The van der Waals surface area contributed by atoms with Crippen LogP contribution in [0.5, 0.6) is 0 Å². The van der Waals surface area contributed by atoms with Crippen molar-refractivity contribution in [3.05, 3.63) is 0 Å². The minimum Gasteiger partial charge on any atom is -0.391 e. The molecule has 0 radical (unpaired) electrons. The molecular formula is C37H67N11O9. The van der Waals surface area contributed by atoms with E-state index in [-0.39, 0.29) is 44.2 Å². The summed E-state index contributed by atoms with van der Waals surface area (Å²) in [5.74, 6) is -6.17. The van der Waals surface area contributed by atoms with Crippen LogP contribution in [0.2, 0.25) is 0 Å². The number of rotatable bonds is 24. The Morgan fingerprint density at radius 2 is 1.25 bits per heavy atom. The molecule has 1 fully saturated rings. The molecule has 57 heavy (non-hydrogen) atoms. The van der Waals surface area contributed by atoms with Gasteiger partial charge in [0.15, 0.2) is 5.96 Å². The number of amides is 8. The largest absolute Gasteiger partial charge is 0.391 e. The Bertz CT molecular complexity index is 1440. The first-order valence-electron chi connectivity index (χ1n) is 19.8. The minimum absolute atomic E-state index is 0.0752. The molecule has 20 nitrogen and oxygen atoms in total. The van der Waals surface area contributed by atoms with Crippen LogP contribution >= 0.6 is 0 Å². The monoisotopic (exact) mass is 810 g/mol. The zero-order valence-electron chi connectivity index (χ0n) is 34.7. The van der Waals surface area contributed by atoms with E-state index in [4.69, 9.17) is 17.2 Å². The minimum atomic E-state index is -1.49. The molecule has 1 heterocycles. The first-order valence-corrected chi connectivity index (χ1v) is 19.8. The number of hydrogen-bond donors (Lipinski definition) is 10. The quantitative estimate of drug-likeness (QED) is 0.0282. The smallest absolute Gasteiger partial charge is 0.245 e. The van der Waals surface area contributed by atoms with Crippen molar-refractivity contribution >= 4 is 53.2 Å². The fourth-order valence-corrected chi connectivity index (χ4v) is 6.25. The second-order valence-electron chi connectivity index (χ2n) is 14.8. The molecule has 20 heteroatoms. The maximum Gasteiger partial charge on any atom is 0.245 e. The van der Waals surface area contributed by atoms with Gasteiger partial charge in [0.2, 0.25) is 47.3 Å². The first kappa shape index (κ1) is 50.0. The number of guanidine groups is 1. The molecule has 0 aromatic carbocycles. The lowest BCUT2D eigenvalue weighted by molar-refractivity contribution is -0.142. The van der Waals surface area contributed by atoms with Gasteiger partial charge in [-0.3, -0.25) is 43.3 Å². The number of aliphatic hydroxyl groups excluding tert-OH is 1. The SMILES string of the molecule is CCC[C@H](NC(=O)[C@@H](NC(=O)[C@H](NC(C)=O)[C@@H](C)CC)[C@@H](C)O)C(=O)N[C@H](C(=O)N[C@@H](CCCN=C(N)N)C(=O)N1CCC[C@H]1C(=O)N[C@H](C)C(N)=O)[C@@H](C)CC. The number of carbonyl (C=O) groups excluding carboxylic acids is 8. The number of nitrogens with zero attached hydrogens (tertiary/aromatic N) is 2. The number of aliphatic imine (C=N–C) groups is 1. The second kappa shape index (κ2) is 24.6. The van der Waals surface area contributed by atoms with E-state index in [9.17, 15) is 43.5 Å². The fraction of sp³-hybridized carbons (Fsp3) is 0.757. The number of nitrogens with two attached hydrogens (primary N) is 3. The molecule has 0 aromatic rings. The second-order valence-corrected chi connectivity index (χ2v) is 14.8. The molecule has 0 bridgehead atoms. The Hall–Kier alpha value is -5.01. The normalized spacial score (nSPS) is 18.5. The standard InChI is InChI=1S/C37H67N11O9/c1-9-14-24(44-35(56)29(22(7)49)47-34(55)27(19(4)10-2)43-23(8)50)31(52)46-28(20(5)11-3)33(54)45-25(15-12-17-41-37(39)40)36(57)48-18-13-16-26(48)32(53)42-21(6)30(38)51/h19-22,24-29,49H,9-18H2,1-8H3,(H2,38,51)(H,42,53)(H,43,50)(H,44,56)(H,45,54)(H,46,52)(H,47,55)(H4,39,40,41)/t19-,20-,21+,22+,24-,25-,26-,27+,28-,29-/m0/s1. The van der Waals surface area contributed by atoms with Crippen LogP contribution in [-0.4, -0.2) is 125 Å². The van der Waals surface area contributed by atoms with Crippen molar-refractivity contribution in [3.8, 4) is 0 Å². The van der Waals surface area contributed by atoms with E-state index in [1.165, 1.54) is 25.7 Å². The third kappa shape index (κ3) is 16.2. The number of aliphatic hydroxyl groups is 1. The van der Waals surface area contributed by atoms with Gasteiger partial charge in [0.05, 0.1) is 6.10 Å². The summed E-state index contributed by atoms with van der Waals surface area (Å²) in [6.45, 7) is 13.3. The lowest BCUT2D eigenvalue weighted by Crippen LogP contribution is -2.62. The van der Waals surface area contributed by atoms with Crippen molar-refractivity contribution in [2.75, 3.05) is 13.1 Å². The zero-order chi connectivity index (χ0) is 43.6. The summed E-state index contributed by atoms with van der Waals surface area (Å²) in [7, 11) is 0. The van der Waals surface area contributed by atoms with Crippen molar-refractivity contribution in [3.63, 3.8) is 0 Å². The van der Waals surface area contributed by atoms with Gasteiger partial charge < -0.3 is 59.1 Å². The van der Waals surface area contributed by atoms with Crippen LogP contribution < -0.4 is 49.1 Å². The Labute approximate surface area is 335 Å². The Balaban J connectivity index is 3.33. The molecule has 0 aromatic heterocycles. The fourth-order valence-electron chi connectivity index (χ4n) is 6.25. The summed E-state index contributed by atoms with van der Waals surface area (Å²) in [6.07, 6.45) is 1.30. The summed E-state index contributed by atoms with van der Waals surface area (Å²) in [5, 5.41) is 26.2. The number of hydrogen-bond acceptors (Lipinski definition) is 10. The molecule has 1 saturated heterocycles. The Morgan fingerprint density at radius 3 is 1.75 bits per heavy atom. The van der Waals surface area contributed by atoms with E-state index < -0.39 is 102 Å². The third-order valence-corrected chi connectivity index (χ3v) is 10.1. The van der Waals surface area contributed by atoms with Gasteiger partial charge in [-0.05, 0) is 57.8 Å². The molecule has 13 N–H and O–H groups in total. The van der Waals surface area contributed by atoms with Crippen molar-refractivity contribution in [1.82, 2.24) is 36.8 Å². The van der Waals surface area contributed by atoms with E-state index in [2.05, 4.69) is 36.9 Å². The molecular weight excluding hydrogens is 742 g/mol. The van der Waals surface area contributed by atoms with Crippen LogP contribution in [0.1, 0.15) is 107 Å². The molecule has 0 saturated carbocycles. The average molecular weight is 810 g/mol. The summed E-state index contributed by atoms with van der Waals surface area (Å²) in [4.78, 5) is 110. The molecule has 0 unspecified atom stereocenters. The highest BCUT2D eigenvalue weighted by molar-refractivity contribution is 5.98. The highest BCUT2D eigenvalue weighted by atomic mass is 16.3. The Kier molecular flexibility index (Phi) is 21.6. The van der Waals surface area contributed by atoms with Gasteiger partial charge >= 0.3 is 0 Å². The van der Waals surface area contributed by atoms with Crippen molar-refractivity contribution < 1.29 is 43.5 Å². The van der Waals surface area contributed by atoms with Gasteiger partial charge in [-0.1, -0.05) is 53.9 Å². The van der Waals surface area contributed by atoms with Gasteiger partial charge in [0.25, 0.3) is 0 Å². The lowest BCUT2D eigenvalue weighted by atomic mass is 9.96. The van der Waals surface area contributed by atoms with Gasteiger partial charge in [-0.2, -0.15) is 0 Å². The van der Waals surface area contributed by atoms with E-state index >= 15 is 0 Å².